The largest absolute Gasteiger partial charge is 0.396 e. The van der Waals surface area contributed by atoms with Crippen LogP contribution < -0.4 is 0 Å². The molecule has 22 heavy (non-hydrogen) atoms. The van der Waals surface area contributed by atoms with E-state index in [4.69, 9.17) is 0 Å². The fourth-order valence-corrected chi connectivity index (χ4v) is 2.85. The highest BCUT2D eigenvalue weighted by Gasteiger charge is 2.25. The Labute approximate surface area is 129 Å². The summed E-state index contributed by atoms with van der Waals surface area (Å²) in [6.45, 7) is 3.51. The lowest BCUT2D eigenvalue weighted by molar-refractivity contribution is 0.0650. The Bertz CT molecular complexity index is 645. The van der Waals surface area contributed by atoms with Gasteiger partial charge in [-0.15, -0.1) is 0 Å². The van der Waals surface area contributed by atoms with Crippen LogP contribution in [0.5, 0.6) is 0 Å². The van der Waals surface area contributed by atoms with Gasteiger partial charge in [0, 0.05) is 32.1 Å². The van der Waals surface area contributed by atoms with Crippen molar-refractivity contribution < 1.29 is 9.90 Å². The van der Waals surface area contributed by atoms with E-state index in [0.717, 1.165) is 24.2 Å². The molecule has 0 aromatic carbocycles. The number of piperidine rings is 1. The van der Waals surface area contributed by atoms with Gasteiger partial charge in [0.25, 0.3) is 5.91 Å². The van der Waals surface area contributed by atoms with Crippen molar-refractivity contribution in [2.24, 2.45) is 5.92 Å². The van der Waals surface area contributed by atoms with Crippen LogP contribution in [0, 0.1) is 12.8 Å². The van der Waals surface area contributed by atoms with Crippen molar-refractivity contribution >= 4 is 5.91 Å². The van der Waals surface area contributed by atoms with Gasteiger partial charge in [0.15, 0.2) is 0 Å². The molecular weight excluding hydrogens is 280 g/mol. The summed E-state index contributed by atoms with van der Waals surface area (Å²) >= 11 is 0. The maximum absolute atomic E-state index is 12.7. The number of carbonyl (C=O) groups is 1. The van der Waals surface area contributed by atoms with Gasteiger partial charge < -0.3 is 10.0 Å². The van der Waals surface area contributed by atoms with E-state index < -0.39 is 0 Å². The van der Waals surface area contributed by atoms with Gasteiger partial charge in [-0.2, -0.15) is 5.10 Å². The molecule has 0 bridgehead atoms. The van der Waals surface area contributed by atoms with Crippen molar-refractivity contribution in [1.29, 1.82) is 0 Å². The van der Waals surface area contributed by atoms with Crippen molar-refractivity contribution in [3.8, 4) is 5.69 Å². The maximum Gasteiger partial charge on any atom is 0.257 e. The van der Waals surface area contributed by atoms with Gasteiger partial charge >= 0.3 is 0 Å². The Hall–Kier alpha value is -2.21. The second-order valence-electron chi connectivity index (χ2n) is 5.68. The molecule has 2 aromatic heterocycles. The van der Waals surface area contributed by atoms with Gasteiger partial charge in [-0.1, -0.05) is 0 Å². The van der Waals surface area contributed by atoms with Crippen LogP contribution >= 0.6 is 0 Å². The van der Waals surface area contributed by atoms with Gasteiger partial charge in [-0.3, -0.25) is 9.78 Å². The summed E-state index contributed by atoms with van der Waals surface area (Å²) in [5, 5.41) is 13.5. The smallest absolute Gasteiger partial charge is 0.257 e. The molecule has 1 aliphatic heterocycles. The summed E-state index contributed by atoms with van der Waals surface area (Å²) in [5.74, 6) is 0.346. The van der Waals surface area contributed by atoms with Crippen LogP contribution in [0.25, 0.3) is 5.69 Å². The molecule has 0 spiro atoms. The van der Waals surface area contributed by atoms with Crippen LogP contribution in [0.4, 0.5) is 0 Å². The molecule has 0 unspecified atom stereocenters. The Kier molecular flexibility index (Phi) is 4.20. The molecule has 1 fully saturated rings. The van der Waals surface area contributed by atoms with E-state index in [0.29, 0.717) is 24.6 Å². The minimum absolute atomic E-state index is 0.0224. The zero-order valence-electron chi connectivity index (χ0n) is 12.6. The molecular formula is C16H20N4O2. The van der Waals surface area contributed by atoms with Crippen molar-refractivity contribution in [2.75, 3.05) is 19.7 Å². The third-order valence-corrected chi connectivity index (χ3v) is 4.31. The number of rotatable bonds is 3. The first-order chi connectivity index (χ1) is 10.7. The second kappa shape index (κ2) is 6.27. The average Bonchev–Trinajstić information content (AvgIpc) is 2.96. The van der Waals surface area contributed by atoms with E-state index in [1.807, 2.05) is 24.0 Å². The normalized spacial score (nSPS) is 16.0. The molecule has 6 nitrogen and oxygen atoms in total. The van der Waals surface area contributed by atoms with Crippen molar-refractivity contribution in [1.82, 2.24) is 19.7 Å². The average molecular weight is 300 g/mol. The molecule has 1 amide bonds. The van der Waals surface area contributed by atoms with Crippen LogP contribution in [0.1, 0.15) is 28.9 Å². The maximum atomic E-state index is 12.7. The first-order valence-electron chi connectivity index (χ1n) is 7.56. The number of hydrogen-bond donors (Lipinski definition) is 1. The van der Waals surface area contributed by atoms with E-state index in [1.54, 1.807) is 23.3 Å². The minimum Gasteiger partial charge on any atom is -0.396 e. The minimum atomic E-state index is 0.0224. The van der Waals surface area contributed by atoms with Crippen LogP contribution in [0.3, 0.4) is 0 Å². The topological polar surface area (TPSA) is 71.2 Å². The highest BCUT2D eigenvalue weighted by Crippen LogP contribution is 2.20. The SMILES string of the molecule is Cc1c(C(=O)N2CCC(CO)CC2)cnn1-c1ccncc1. The zero-order chi connectivity index (χ0) is 15.5. The zero-order valence-corrected chi connectivity index (χ0v) is 12.6. The monoisotopic (exact) mass is 300 g/mol. The molecule has 3 heterocycles. The lowest BCUT2D eigenvalue weighted by Gasteiger charge is -2.31. The number of likely N-dealkylation sites (tertiary alicyclic amines) is 1. The predicted molar refractivity (Wildman–Crippen MR) is 81.8 cm³/mol. The lowest BCUT2D eigenvalue weighted by atomic mass is 9.97. The Balaban J connectivity index is 1.78. The highest BCUT2D eigenvalue weighted by atomic mass is 16.3. The fourth-order valence-electron chi connectivity index (χ4n) is 2.85. The summed E-state index contributed by atoms with van der Waals surface area (Å²) in [4.78, 5) is 18.5. The molecule has 6 heteroatoms. The molecule has 1 N–H and O–H groups in total. The summed E-state index contributed by atoms with van der Waals surface area (Å²) in [6.07, 6.45) is 6.77. The third-order valence-electron chi connectivity index (χ3n) is 4.31. The van der Waals surface area contributed by atoms with Crippen molar-refractivity contribution in [3.63, 3.8) is 0 Å². The third kappa shape index (κ3) is 2.74. The van der Waals surface area contributed by atoms with Gasteiger partial charge in [-0.25, -0.2) is 4.68 Å². The molecule has 2 aromatic rings. The van der Waals surface area contributed by atoms with E-state index in [-0.39, 0.29) is 12.5 Å². The first-order valence-corrected chi connectivity index (χ1v) is 7.56. The fraction of sp³-hybridized carbons (Fsp3) is 0.438. The number of hydrogen-bond acceptors (Lipinski definition) is 4. The van der Waals surface area contributed by atoms with Gasteiger partial charge in [-0.05, 0) is 37.8 Å². The number of nitrogens with zero attached hydrogens (tertiary/aromatic N) is 4. The summed E-state index contributed by atoms with van der Waals surface area (Å²) < 4.78 is 1.76. The molecule has 3 rings (SSSR count). The van der Waals surface area contributed by atoms with Gasteiger partial charge in [0.2, 0.25) is 0 Å². The number of carbonyl (C=O) groups excluding carboxylic acids is 1. The van der Waals surface area contributed by atoms with Crippen LogP contribution in [-0.4, -0.2) is 50.4 Å². The van der Waals surface area contributed by atoms with Gasteiger partial charge in [0.1, 0.15) is 0 Å². The molecule has 0 saturated carbocycles. The number of aliphatic hydroxyl groups excluding tert-OH is 1. The summed E-state index contributed by atoms with van der Waals surface area (Å²) in [6, 6.07) is 3.72. The van der Waals surface area contributed by atoms with Crippen LogP contribution in [0.15, 0.2) is 30.7 Å². The number of aliphatic hydroxyl groups is 1. The van der Waals surface area contributed by atoms with Crippen molar-refractivity contribution in [2.45, 2.75) is 19.8 Å². The van der Waals surface area contributed by atoms with Gasteiger partial charge in [0.05, 0.1) is 23.1 Å². The lowest BCUT2D eigenvalue weighted by Crippen LogP contribution is -2.39. The standard InChI is InChI=1S/C16H20N4O2/c1-12-15(10-18-20(12)14-2-6-17-7-3-14)16(22)19-8-4-13(11-21)5-9-19/h2-3,6-7,10,13,21H,4-5,8-9,11H2,1H3. The van der Waals surface area contributed by atoms with Crippen molar-refractivity contribution in [3.05, 3.63) is 42.0 Å². The Morgan fingerprint density at radius 3 is 2.64 bits per heavy atom. The highest BCUT2D eigenvalue weighted by molar-refractivity contribution is 5.95. The van der Waals surface area contributed by atoms with Crippen LogP contribution in [0.2, 0.25) is 0 Å². The van der Waals surface area contributed by atoms with E-state index >= 15 is 0 Å². The Morgan fingerprint density at radius 1 is 1.32 bits per heavy atom. The van der Waals surface area contributed by atoms with E-state index in [9.17, 15) is 9.90 Å². The molecule has 1 saturated heterocycles. The molecule has 1 aliphatic rings. The molecule has 0 aliphatic carbocycles. The quantitative estimate of drug-likeness (QED) is 0.930. The Morgan fingerprint density at radius 2 is 2.00 bits per heavy atom. The molecule has 0 atom stereocenters. The number of pyridine rings is 1. The van der Waals surface area contributed by atoms with Crippen LogP contribution in [-0.2, 0) is 0 Å². The number of amides is 1. The second-order valence-corrected chi connectivity index (χ2v) is 5.68. The van der Waals surface area contributed by atoms with E-state index in [2.05, 4.69) is 10.1 Å². The first kappa shape index (κ1) is 14.7. The summed E-state index contributed by atoms with van der Waals surface area (Å²) in [5.41, 5.74) is 2.37. The van der Waals surface area contributed by atoms with E-state index in [1.165, 1.54) is 0 Å². The molecule has 116 valence electrons. The predicted octanol–water partition coefficient (Wildman–Crippen LogP) is 1.42. The summed E-state index contributed by atoms with van der Waals surface area (Å²) in [7, 11) is 0. The number of aromatic nitrogens is 3. The molecule has 0 radical (unpaired) electrons.